The molecular weight excluding hydrogens is 310 g/mol. The summed E-state index contributed by atoms with van der Waals surface area (Å²) in [5, 5.41) is 3.38. The van der Waals surface area contributed by atoms with E-state index >= 15 is 0 Å². The highest BCUT2D eigenvalue weighted by Gasteiger charge is 2.21. The molecule has 0 saturated carbocycles. The van der Waals surface area contributed by atoms with Crippen molar-refractivity contribution in [2.45, 2.75) is 0 Å². The summed E-state index contributed by atoms with van der Waals surface area (Å²) < 4.78 is 0. The normalized spacial score (nSPS) is 15.5. The summed E-state index contributed by atoms with van der Waals surface area (Å²) in [6.07, 6.45) is 1.77. The standard InChI is InChI=1S/C18H16ClN3O/c1-22(2)15-8-6-12(7-9-15)10-16-18(23)21-17(20-16)13-4-3-5-14(19)11-13/h3-11H,1-2H3,(H,20,21,23)/b16-10+. The van der Waals surface area contributed by atoms with Gasteiger partial charge in [0.1, 0.15) is 11.5 Å². The number of carbonyl (C=O) groups is 1. The van der Waals surface area contributed by atoms with Crippen LogP contribution in [0.25, 0.3) is 6.08 Å². The Morgan fingerprint density at radius 2 is 1.87 bits per heavy atom. The second-order valence-electron chi connectivity index (χ2n) is 5.44. The minimum Gasteiger partial charge on any atom is -0.378 e. The average Bonchev–Trinajstić information content (AvgIpc) is 2.89. The van der Waals surface area contributed by atoms with E-state index in [1.807, 2.05) is 55.4 Å². The molecule has 0 aromatic heterocycles. The van der Waals surface area contributed by atoms with Crippen LogP contribution in [0.5, 0.6) is 0 Å². The van der Waals surface area contributed by atoms with Gasteiger partial charge < -0.3 is 10.2 Å². The van der Waals surface area contributed by atoms with Crippen molar-refractivity contribution in [1.29, 1.82) is 0 Å². The van der Waals surface area contributed by atoms with Gasteiger partial charge in [-0.3, -0.25) is 4.79 Å². The minimum absolute atomic E-state index is 0.211. The molecule has 0 saturated heterocycles. The van der Waals surface area contributed by atoms with E-state index in [-0.39, 0.29) is 5.91 Å². The third-order valence-electron chi connectivity index (χ3n) is 3.51. The van der Waals surface area contributed by atoms with E-state index in [9.17, 15) is 4.79 Å². The van der Waals surface area contributed by atoms with Crippen LogP contribution in [0.1, 0.15) is 11.1 Å². The van der Waals surface area contributed by atoms with Gasteiger partial charge in [0, 0.05) is 30.4 Å². The summed E-state index contributed by atoms with van der Waals surface area (Å²) in [5.41, 5.74) is 3.21. The summed E-state index contributed by atoms with van der Waals surface area (Å²) in [6, 6.07) is 15.2. The molecule has 1 aliphatic heterocycles. The van der Waals surface area contributed by atoms with Crippen molar-refractivity contribution in [3.8, 4) is 0 Å². The molecule has 0 spiro atoms. The Morgan fingerprint density at radius 1 is 1.13 bits per heavy atom. The molecule has 0 fully saturated rings. The monoisotopic (exact) mass is 325 g/mol. The van der Waals surface area contributed by atoms with Crippen molar-refractivity contribution < 1.29 is 4.79 Å². The van der Waals surface area contributed by atoms with Gasteiger partial charge in [-0.15, -0.1) is 0 Å². The van der Waals surface area contributed by atoms with Gasteiger partial charge in [-0.1, -0.05) is 35.9 Å². The number of nitrogens with one attached hydrogen (secondary N) is 1. The Kier molecular flexibility index (Phi) is 4.17. The Bertz CT molecular complexity index is 807. The molecule has 23 heavy (non-hydrogen) atoms. The fraction of sp³-hybridized carbons (Fsp3) is 0.111. The van der Waals surface area contributed by atoms with Crippen LogP contribution in [0, 0.1) is 0 Å². The second kappa shape index (κ2) is 6.26. The van der Waals surface area contributed by atoms with Gasteiger partial charge in [-0.2, -0.15) is 0 Å². The van der Waals surface area contributed by atoms with E-state index < -0.39 is 0 Å². The molecule has 1 N–H and O–H groups in total. The lowest BCUT2D eigenvalue weighted by atomic mass is 10.1. The van der Waals surface area contributed by atoms with Crippen LogP contribution in [0.15, 0.2) is 59.2 Å². The van der Waals surface area contributed by atoms with Crippen LogP contribution in [0.4, 0.5) is 5.69 Å². The van der Waals surface area contributed by atoms with E-state index in [0.717, 1.165) is 16.8 Å². The molecule has 4 nitrogen and oxygen atoms in total. The summed E-state index contributed by atoms with van der Waals surface area (Å²) >= 11 is 5.98. The maximum atomic E-state index is 12.1. The number of aliphatic imine (C=N–C) groups is 1. The van der Waals surface area contributed by atoms with Crippen LogP contribution >= 0.6 is 11.6 Å². The number of rotatable bonds is 3. The number of carbonyl (C=O) groups excluding carboxylic acids is 1. The lowest BCUT2D eigenvalue weighted by Crippen LogP contribution is -2.24. The molecule has 0 atom stereocenters. The van der Waals surface area contributed by atoms with Crippen molar-refractivity contribution in [2.75, 3.05) is 19.0 Å². The Morgan fingerprint density at radius 3 is 2.52 bits per heavy atom. The Hall–Kier alpha value is -2.59. The van der Waals surface area contributed by atoms with Crippen LogP contribution in [0.2, 0.25) is 5.02 Å². The van der Waals surface area contributed by atoms with Gasteiger partial charge in [0.05, 0.1) is 0 Å². The van der Waals surface area contributed by atoms with Gasteiger partial charge in [0.15, 0.2) is 0 Å². The Balaban J connectivity index is 1.88. The fourth-order valence-corrected chi connectivity index (χ4v) is 2.46. The zero-order chi connectivity index (χ0) is 16.4. The molecule has 0 aliphatic carbocycles. The number of hydrogen-bond donors (Lipinski definition) is 1. The molecule has 2 aromatic rings. The molecule has 3 rings (SSSR count). The van der Waals surface area contributed by atoms with Crippen molar-refractivity contribution in [3.05, 3.63) is 70.4 Å². The number of amidine groups is 1. The average molecular weight is 326 g/mol. The summed E-state index contributed by atoms with van der Waals surface area (Å²) in [4.78, 5) is 18.5. The smallest absolute Gasteiger partial charge is 0.275 e. The van der Waals surface area contributed by atoms with Crippen LogP contribution in [-0.2, 0) is 4.79 Å². The first-order valence-electron chi connectivity index (χ1n) is 7.18. The molecule has 116 valence electrons. The number of amides is 1. The highest BCUT2D eigenvalue weighted by Crippen LogP contribution is 2.19. The first-order chi connectivity index (χ1) is 11.0. The van der Waals surface area contributed by atoms with Crippen molar-refractivity contribution in [2.24, 2.45) is 4.99 Å². The van der Waals surface area contributed by atoms with Crippen LogP contribution < -0.4 is 10.2 Å². The SMILES string of the molecule is CN(C)c1ccc(/C=C2/N=C(c3cccc(Cl)c3)NC2=O)cc1. The van der Waals surface area contributed by atoms with E-state index in [1.165, 1.54) is 0 Å². The molecule has 0 radical (unpaired) electrons. The lowest BCUT2D eigenvalue weighted by molar-refractivity contribution is -0.115. The van der Waals surface area contributed by atoms with Gasteiger partial charge in [-0.05, 0) is 35.9 Å². The largest absolute Gasteiger partial charge is 0.378 e. The first-order valence-corrected chi connectivity index (χ1v) is 7.56. The first kappa shape index (κ1) is 15.3. The quantitative estimate of drug-likeness (QED) is 0.880. The number of nitrogens with zero attached hydrogens (tertiary/aromatic N) is 2. The number of hydrogen-bond acceptors (Lipinski definition) is 3. The van der Waals surface area contributed by atoms with Crippen molar-refractivity contribution in [3.63, 3.8) is 0 Å². The minimum atomic E-state index is -0.211. The molecule has 1 aliphatic rings. The molecule has 1 heterocycles. The van der Waals surface area contributed by atoms with Gasteiger partial charge in [0.2, 0.25) is 0 Å². The highest BCUT2D eigenvalue weighted by molar-refractivity contribution is 6.31. The summed E-state index contributed by atoms with van der Waals surface area (Å²) in [7, 11) is 3.97. The third kappa shape index (κ3) is 3.43. The fourth-order valence-electron chi connectivity index (χ4n) is 2.27. The summed E-state index contributed by atoms with van der Waals surface area (Å²) in [5.74, 6) is 0.310. The number of benzene rings is 2. The van der Waals surface area contributed by atoms with Gasteiger partial charge >= 0.3 is 0 Å². The maximum Gasteiger partial charge on any atom is 0.275 e. The second-order valence-corrected chi connectivity index (χ2v) is 5.88. The van der Waals surface area contributed by atoms with E-state index in [1.54, 1.807) is 18.2 Å². The van der Waals surface area contributed by atoms with Crippen LogP contribution in [0.3, 0.4) is 0 Å². The number of anilines is 1. The van der Waals surface area contributed by atoms with E-state index in [0.29, 0.717) is 16.6 Å². The number of halogens is 1. The molecule has 2 aromatic carbocycles. The Labute approximate surface area is 140 Å². The summed E-state index contributed by atoms with van der Waals surface area (Å²) in [6.45, 7) is 0. The predicted octanol–water partition coefficient (Wildman–Crippen LogP) is 3.32. The maximum absolute atomic E-state index is 12.1. The highest BCUT2D eigenvalue weighted by atomic mass is 35.5. The van der Waals surface area contributed by atoms with Crippen molar-refractivity contribution in [1.82, 2.24) is 5.32 Å². The molecule has 0 bridgehead atoms. The van der Waals surface area contributed by atoms with Gasteiger partial charge in [0.25, 0.3) is 5.91 Å². The van der Waals surface area contributed by atoms with E-state index in [2.05, 4.69) is 10.3 Å². The van der Waals surface area contributed by atoms with Crippen LogP contribution in [-0.4, -0.2) is 25.8 Å². The molecular formula is C18H16ClN3O. The third-order valence-corrected chi connectivity index (χ3v) is 3.74. The lowest BCUT2D eigenvalue weighted by Gasteiger charge is -2.11. The van der Waals surface area contributed by atoms with E-state index in [4.69, 9.17) is 11.6 Å². The zero-order valence-electron chi connectivity index (χ0n) is 12.9. The van der Waals surface area contributed by atoms with Crippen molar-refractivity contribution >= 4 is 35.1 Å². The zero-order valence-corrected chi connectivity index (χ0v) is 13.6. The molecule has 5 heteroatoms. The predicted molar refractivity (Wildman–Crippen MR) is 94.9 cm³/mol. The topological polar surface area (TPSA) is 44.7 Å². The molecule has 0 unspecified atom stereocenters. The van der Waals surface area contributed by atoms with Gasteiger partial charge in [-0.25, -0.2) is 4.99 Å². The molecule has 1 amide bonds.